The third kappa shape index (κ3) is 5.96. The number of fused-ring (bicyclic) bond motifs is 1. The lowest BCUT2D eigenvalue weighted by molar-refractivity contribution is -0.384. The zero-order chi connectivity index (χ0) is 22.4. The van der Waals surface area contributed by atoms with Crippen LogP contribution in [-0.4, -0.2) is 47.9 Å². The number of non-ortho nitro benzene ring substituents is 1. The van der Waals surface area contributed by atoms with Crippen molar-refractivity contribution >= 4 is 44.4 Å². The van der Waals surface area contributed by atoms with E-state index in [1.165, 1.54) is 35.1 Å². The van der Waals surface area contributed by atoms with E-state index in [-0.39, 0.29) is 11.6 Å². The number of hydrogen-bond acceptors (Lipinski definition) is 6. The predicted octanol–water partition coefficient (Wildman–Crippen LogP) is 4.77. The van der Waals surface area contributed by atoms with Crippen LogP contribution >= 0.6 is 11.3 Å². The molecule has 0 fully saturated rings. The maximum absolute atomic E-state index is 13.1. The van der Waals surface area contributed by atoms with Gasteiger partial charge in [-0.3, -0.25) is 19.8 Å². The first kappa shape index (κ1) is 22.6. The quantitative estimate of drug-likeness (QED) is 0.273. The highest BCUT2D eigenvalue weighted by Crippen LogP contribution is 2.30. The van der Waals surface area contributed by atoms with Crippen molar-refractivity contribution in [3.05, 3.63) is 69.8 Å². The van der Waals surface area contributed by atoms with Crippen LogP contribution < -0.4 is 4.90 Å². The summed E-state index contributed by atoms with van der Waals surface area (Å²) in [5.74, 6) is -0.194. The molecule has 0 radical (unpaired) electrons. The lowest BCUT2D eigenvalue weighted by atomic mass is 10.2. The van der Waals surface area contributed by atoms with E-state index < -0.39 is 4.92 Å². The first-order valence-electron chi connectivity index (χ1n) is 10.2. The normalized spacial score (nSPS) is 11.5. The topological polar surface area (TPSA) is 79.6 Å². The maximum atomic E-state index is 13.1. The van der Waals surface area contributed by atoms with E-state index in [0.29, 0.717) is 17.2 Å². The number of amides is 1. The van der Waals surface area contributed by atoms with Gasteiger partial charge in [0.1, 0.15) is 0 Å². The molecule has 3 aromatic rings. The van der Waals surface area contributed by atoms with Crippen molar-refractivity contribution in [1.29, 1.82) is 0 Å². The second kappa shape index (κ2) is 10.3. The second-order valence-corrected chi connectivity index (χ2v) is 8.49. The van der Waals surface area contributed by atoms with Crippen LogP contribution in [0.5, 0.6) is 0 Å². The van der Waals surface area contributed by atoms with Gasteiger partial charge in [-0.2, -0.15) is 0 Å². The molecule has 31 heavy (non-hydrogen) atoms. The fourth-order valence-corrected chi connectivity index (χ4v) is 4.20. The zero-order valence-electron chi connectivity index (χ0n) is 17.9. The first-order chi connectivity index (χ1) is 14.9. The Morgan fingerprint density at radius 1 is 1.19 bits per heavy atom. The van der Waals surface area contributed by atoms with Gasteiger partial charge in [0.25, 0.3) is 11.6 Å². The van der Waals surface area contributed by atoms with Crippen LogP contribution in [0.3, 0.4) is 0 Å². The Morgan fingerprint density at radius 3 is 2.71 bits per heavy atom. The van der Waals surface area contributed by atoms with Crippen LogP contribution in [0.25, 0.3) is 16.3 Å². The Hall–Kier alpha value is -3.10. The van der Waals surface area contributed by atoms with Crippen LogP contribution in [-0.2, 0) is 11.2 Å². The fraction of sp³-hybridized carbons (Fsp3) is 0.304. The smallest absolute Gasteiger partial charge is 0.270 e. The predicted molar refractivity (Wildman–Crippen MR) is 127 cm³/mol. The molecule has 0 N–H and O–H groups in total. The number of aryl methyl sites for hydroxylation is 1. The molecule has 0 saturated carbocycles. The highest BCUT2D eigenvalue weighted by atomic mass is 32.1. The molecule has 1 heterocycles. The summed E-state index contributed by atoms with van der Waals surface area (Å²) in [7, 11) is 4.00. The Balaban J connectivity index is 1.86. The van der Waals surface area contributed by atoms with E-state index in [9.17, 15) is 14.9 Å². The lowest BCUT2D eigenvalue weighted by Crippen LogP contribution is -2.32. The number of nitro groups is 1. The van der Waals surface area contributed by atoms with Gasteiger partial charge in [0.2, 0.25) is 0 Å². The number of nitro benzene ring substituents is 1. The Kier molecular flexibility index (Phi) is 7.49. The van der Waals surface area contributed by atoms with Gasteiger partial charge in [-0.05, 0) is 62.8 Å². The SMILES string of the molecule is CCc1ccc2nc(N(CCCN(C)C)C(=O)/C=C/c3cccc([N+](=O)[O-])c3)sc2c1. The van der Waals surface area contributed by atoms with Crippen molar-refractivity contribution in [2.45, 2.75) is 19.8 Å². The van der Waals surface area contributed by atoms with Gasteiger partial charge in [0.15, 0.2) is 5.13 Å². The van der Waals surface area contributed by atoms with Gasteiger partial charge < -0.3 is 4.90 Å². The van der Waals surface area contributed by atoms with Crippen molar-refractivity contribution in [2.75, 3.05) is 32.1 Å². The molecular weight excluding hydrogens is 412 g/mol. The van der Waals surface area contributed by atoms with Gasteiger partial charge in [-0.25, -0.2) is 4.98 Å². The van der Waals surface area contributed by atoms with Crippen molar-refractivity contribution < 1.29 is 9.72 Å². The molecule has 1 aromatic heterocycles. The molecule has 1 amide bonds. The van der Waals surface area contributed by atoms with Crippen molar-refractivity contribution in [3.8, 4) is 0 Å². The molecule has 0 aliphatic heterocycles. The molecule has 0 aliphatic rings. The second-order valence-electron chi connectivity index (χ2n) is 7.48. The minimum atomic E-state index is -0.446. The summed E-state index contributed by atoms with van der Waals surface area (Å²) in [6, 6.07) is 12.4. The minimum Gasteiger partial charge on any atom is -0.309 e. The first-order valence-corrected chi connectivity index (χ1v) is 11.0. The Bertz CT molecular complexity index is 1110. The molecular formula is C23H26N4O3S. The largest absolute Gasteiger partial charge is 0.309 e. The number of nitrogens with zero attached hydrogens (tertiary/aromatic N) is 4. The number of thiazole rings is 1. The molecule has 0 aliphatic carbocycles. The van der Waals surface area contributed by atoms with Gasteiger partial charge in [0.05, 0.1) is 15.1 Å². The number of anilines is 1. The zero-order valence-corrected chi connectivity index (χ0v) is 18.8. The van der Waals surface area contributed by atoms with Crippen LogP contribution in [0.1, 0.15) is 24.5 Å². The molecule has 0 unspecified atom stereocenters. The molecule has 0 bridgehead atoms. The van der Waals surface area contributed by atoms with Crippen LogP contribution in [0.4, 0.5) is 10.8 Å². The average Bonchev–Trinajstić information content (AvgIpc) is 3.17. The number of benzene rings is 2. The maximum Gasteiger partial charge on any atom is 0.270 e. The minimum absolute atomic E-state index is 0.00432. The Labute approximate surface area is 185 Å². The van der Waals surface area contributed by atoms with Crippen molar-refractivity contribution in [3.63, 3.8) is 0 Å². The van der Waals surface area contributed by atoms with E-state index in [1.807, 2.05) is 20.2 Å². The van der Waals surface area contributed by atoms with E-state index in [4.69, 9.17) is 0 Å². The molecule has 0 spiro atoms. The lowest BCUT2D eigenvalue weighted by Gasteiger charge is -2.19. The summed E-state index contributed by atoms with van der Waals surface area (Å²) < 4.78 is 1.06. The van der Waals surface area contributed by atoms with Gasteiger partial charge in [0, 0.05) is 24.8 Å². The van der Waals surface area contributed by atoms with Crippen molar-refractivity contribution in [1.82, 2.24) is 9.88 Å². The molecule has 0 atom stereocenters. The fourth-order valence-electron chi connectivity index (χ4n) is 3.14. The van der Waals surface area contributed by atoms with Gasteiger partial charge in [-0.1, -0.05) is 36.5 Å². The van der Waals surface area contributed by atoms with E-state index >= 15 is 0 Å². The molecule has 7 nitrogen and oxygen atoms in total. The number of carbonyl (C=O) groups is 1. The Morgan fingerprint density at radius 2 is 2.00 bits per heavy atom. The highest BCUT2D eigenvalue weighted by Gasteiger charge is 2.18. The van der Waals surface area contributed by atoms with Crippen LogP contribution in [0.2, 0.25) is 0 Å². The average molecular weight is 439 g/mol. The van der Waals surface area contributed by atoms with Gasteiger partial charge in [-0.15, -0.1) is 0 Å². The molecule has 8 heteroatoms. The monoisotopic (exact) mass is 438 g/mol. The summed E-state index contributed by atoms with van der Waals surface area (Å²) in [5.41, 5.74) is 2.71. The summed E-state index contributed by atoms with van der Waals surface area (Å²) in [6.45, 7) is 3.50. The van der Waals surface area contributed by atoms with Crippen LogP contribution in [0.15, 0.2) is 48.5 Å². The van der Waals surface area contributed by atoms with Crippen molar-refractivity contribution in [2.24, 2.45) is 0 Å². The molecule has 2 aromatic carbocycles. The van der Waals surface area contributed by atoms with E-state index in [1.54, 1.807) is 23.1 Å². The summed E-state index contributed by atoms with van der Waals surface area (Å²) in [6.07, 6.45) is 4.81. The highest BCUT2D eigenvalue weighted by molar-refractivity contribution is 7.22. The molecule has 162 valence electrons. The molecule has 0 saturated heterocycles. The number of hydrogen-bond donors (Lipinski definition) is 0. The van der Waals surface area contributed by atoms with Gasteiger partial charge >= 0.3 is 0 Å². The third-order valence-corrected chi connectivity index (χ3v) is 5.87. The van der Waals surface area contributed by atoms with E-state index in [0.717, 1.165) is 29.6 Å². The summed E-state index contributed by atoms with van der Waals surface area (Å²) >= 11 is 1.51. The number of rotatable bonds is 9. The summed E-state index contributed by atoms with van der Waals surface area (Å²) in [5, 5.41) is 11.6. The standard InChI is InChI=1S/C23H26N4O3S/c1-4-17-9-11-20-21(16-17)31-23(24-20)26(14-6-13-25(2)3)22(28)12-10-18-7-5-8-19(15-18)27(29)30/h5,7-12,15-16H,4,6,13-14H2,1-3H3/b12-10+. The third-order valence-electron chi connectivity index (χ3n) is 4.83. The number of aromatic nitrogens is 1. The molecule has 3 rings (SSSR count). The van der Waals surface area contributed by atoms with Crippen LogP contribution in [0, 0.1) is 10.1 Å². The summed E-state index contributed by atoms with van der Waals surface area (Å²) in [4.78, 5) is 32.1. The number of carbonyl (C=O) groups excluding carboxylic acids is 1. The van der Waals surface area contributed by atoms with E-state index in [2.05, 4.69) is 28.9 Å².